The van der Waals surface area contributed by atoms with Crippen molar-refractivity contribution in [1.29, 1.82) is 0 Å². The van der Waals surface area contributed by atoms with Crippen molar-refractivity contribution >= 4 is 41.6 Å². The molecule has 1 atom stereocenters. The summed E-state index contributed by atoms with van der Waals surface area (Å²) in [6.07, 6.45) is 0.406. The number of carbonyl (C=O) groups is 2. The summed E-state index contributed by atoms with van der Waals surface area (Å²) in [6, 6.07) is 4.99. The Morgan fingerprint density at radius 3 is 2.76 bits per heavy atom. The highest BCUT2D eigenvalue weighted by Gasteiger charge is 2.30. The normalized spacial score (nSPS) is 19.8. The number of halogens is 1. The van der Waals surface area contributed by atoms with Gasteiger partial charge in [-0.15, -0.1) is 0 Å². The van der Waals surface area contributed by atoms with Gasteiger partial charge in [-0.2, -0.15) is 12.6 Å². The topological polar surface area (TPSA) is 37.4 Å². The summed E-state index contributed by atoms with van der Waals surface area (Å²) in [5, 5.41) is 0.519. The summed E-state index contributed by atoms with van der Waals surface area (Å²) in [6.45, 7) is 2.00. The third-order valence-corrected chi connectivity index (χ3v) is 3.31. The molecule has 0 saturated carbocycles. The van der Waals surface area contributed by atoms with E-state index in [1.165, 1.54) is 6.92 Å². The average molecular weight is 270 g/mol. The number of ketones is 1. The predicted molar refractivity (Wildman–Crippen MR) is 71.2 cm³/mol. The van der Waals surface area contributed by atoms with Gasteiger partial charge < -0.3 is 4.90 Å². The molecule has 1 aromatic carbocycles. The van der Waals surface area contributed by atoms with Crippen LogP contribution in [0.5, 0.6) is 0 Å². The van der Waals surface area contributed by atoms with Gasteiger partial charge in [0.05, 0.1) is 5.69 Å². The van der Waals surface area contributed by atoms with Crippen LogP contribution in [-0.2, 0) is 4.79 Å². The van der Waals surface area contributed by atoms with Crippen LogP contribution >= 0.6 is 24.2 Å². The molecule has 1 aliphatic heterocycles. The van der Waals surface area contributed by atoms with Crippen LogP contribution in [0, 0.1) is 0 Å². The van der Waals surface area contributed by atoms with Crippen LogP contribution in [0.4, 0.5) is 5.69 Å². The first-order valence-electron chi connectivity index (χ1n) is 5.28. The Morgan fingerprint density at radius 2 is 2.24 bits per heavy atom. The van der Waals surface area contributed by atoms with Crippen LogP contribution in [0.3, 0.4) is 0 Å². The number of Topliss-reactive ketones (excluding diaryl/α,β-unsaturated/α-hetero) is 1. The second kappa shape index (κ2) is 4.70. The lowest BCUT2D eigenvalue weighted by Crippen LogP contribution is -2.26. The van der Waals surface area contributed by atoms with Gasteiger partial charge in [0.25, 0.3) is 0 Å². The van der Waals surface area contributed by atoms with Crippen molar-refractivity contribution in [3.05, 3.63) is 28.8 Å². The molecule has 0 N–H and O–H groups in total. The Balaban J connectivity index is 2.45. The lowest BCUT2D eigenvalue weighted by molar-refractivity contribution is -0.117. The van der Waals surface area contributed by atoms with Gasteiger partial charge in [-0.3, -0.25) is 9.59 Å². The lowest BCUT2D eigenvalue weighted by atomic mass is 10.1. The molecule has 1 amide bonds. The molecule has 0 aliphatic carbocycles. The molecule has 1 aromatic rings. The summed E-state index contributed by atoms with van der Waals surface area (Å²) in [5.41, 5.74) is 1.11. The van der Waals surface area contributed by atoms with Gasteiger partial charge in [-0.25, -0.2) is 0 Å². The van der Waals surface area contributed by atoms with Crippen molar-refractivity contribution < 1.29 is 9.59 Å². The maximum Gasteiger partial charge on any atom is 0.228 e. The number of rotatable bonds is 2. The highest BCUT2D eigenvalue weighted by atomic mass is 35.5. The van der Waals surface area contributed by atoms with Gasteiger partial charge in [0.2, 0.25) is 5.91 Å². The fourth-order valence-corrected chi connectivity index (χ4v) is 2.44. The Morgan fingerprint density at radius 1 is 1.53 bits per heavy atom. The van der Waals surface area contributed by atoms with E-state index in [1.807, 2.05) is 0 Å². The molecular weight excluding hydrogens is 258 g/mol. The summed E-state index contributed by atoms with van der Waals surface area (Å²) in [4.78, 5) is 24.9. The number of anilines is 1. The Hall–Kier alpha value is -1.00. The molecule has 90 valence electrons. The minimum atomic E-state index is -0.0992. The number of carbonyl (C=O) groups excluding carboxylic acids is 2. The van der Waals surface area contributed by atoms with E-state index in [9.17, 15) is 9.59 Å². The third kappa shape index (κ3) is 2.48. The summed E-state index contributed by atoms with van der Waals surface area (Å²) in [7, 11) is 0. The smallest absolute Gasteiger partial charge is 0.228 e. The minimum Gasteiger partial charge on any atom is -0.311 e. The second-order valence-corrected chi connectivity index (χ2v) is 5.25. The lowest BCUT2D eigenvalue weighted by Gasteiger charge is -2.19. The molecule has 1 saturated heterocycles. The number of hydrogen-bond acceptors (Lipinski definition) is 3. The molecule has 0 aromatic heterocycles. The number of benzene rings is 1. The van der Waals surface area contributed by atoms with Crippen molar-refractivity contribution in [3.8, 4) is 0 Å². The first-order chi connectivity index (χ1) is 7.99. The SMILES string of the molecule is CC(=O)c1cc(Cl)ccc1N1CC(S)CC1=O. The monoisotopic (exact) mass is 269 g/mol. The number of nitrogens with zero attached hydrogens (tertiary/aromatic N) is 1. The number of amides is 1. The quantitative estimate of drug-likeness (QED) is 0.662. The van der Waals surface area contributed by atoms with E-state index in [0.29, 0.717) is 29.2 Å². The molecule has 2 rings (SSSR count). The molecular formula is C12H12ClNO2S. The van der Waals surface area contributed by atoms with Crippen LogP contribution in [0.1, 0.15) is 23.7 Å². The largest absolute Gasteiger partial charge is 0.311 e. The van der Waals surface area contributed by atoms with Crippen LogP contribution in [0.25, 0.3) is 0 Å². The molecule has 1 unspecified atom stereocenters. The predicted octanol–water partition coefficient (Wildman–Crippen LogP) is 2.58. The Labute approximate surface area is 110 Å². The van der Waals surface area contributed by atoms with E-state index in [0.717, 1.165) is 0 Å². The minimum absolute atomic E-state index is 0.00479. The van der Waals surface area contributed by atoms with Crippen LogP contribution in [0.2, 0.25) is 5.02 Å². The standard InChI is InChI=1S/C12H12ClNO2S/c1-7(15)10-4-8(13)2-3-11(10)14-6-9(17)5-12(14)16/h2-4,9,17H,5-6H2,1H3. The molecule has 1 heterocycles. The zero-order valence-electron chi connectivity index (χ0n) is 9.31. The molecule has 17 heavy (non-hydrogen) atoms. The zero-order valence-corrected chi connectivity index (χ0v) is 11.0. The molecule has 5 heteroatoms. The van der Waals surface area contributed by atoms with Crippen molar-refractivity contribution in [2.24, 2.45) is 0 Å². The highest BCUT2D eigenvalue weighted by Crippen LogP contribution is 2.29. The van der Waals surface area contributed by atoms with Crippen LogP contribution in [-0.4, -0.2) is 23.5 Å². The summed E-state index contributed by atoms with van der Waals surface area (Å²) >= 11 is 10.2. The number of thiol groups is 1. The van der Waals surface area contributed by atoms with E-state index in [-0.39, 0.29) is 16.9 Å². The Kier molecular flexibility index (Phi) is 3.45. The van der Waals surface area contributed by atoms with Crippen molar-refractivity contribution in [2.45, 2.75) is 18.6 Å². The van der Waals surface area contributed by atoms with Gasteiger partial charge in [-0.05, 0) is 25.1 Å². The van der Waals surface area contributed by atoms with Crippen molar-refractivity contribution in [3.63, 3.8) is 0 Å². The van der Waals surface area contributed by atoms with Crippen molar-refractivity contribution in [2.75, 3.05) is 11.4 Å². The molecule has 1 fully saturated rings. The maximum atomic E-state index is 11.8. The second-order valence-electron chi connectivity index (χ2n) is 4.08. The first-order valence-corrected chi connectivity index (χ1v) is 6.17. The van der Waals surface area contributed by atoms with Gasteiger partial charge in [0, 0.05) is 28.8 Å². The van der Waals surface area contributed by atoms with Gasteiger partial charge >= 0.3 is 0 Å². The summed E-state index contributed by atoms with van der Waals surface area (Å²) in [5.74, 6) is -0.104. The van der Waals surface area contributed by atoms with E-state index in [2.05, 4.69) is 12.6 Å². The first kappa shape index (κ1) is 12.5. The van der Waals surface area contributed by atoms with Gasteiger partial charge in [-0.1, -0.05) is 11.6 Å². The molecule has 0 spiro atoms. The van der Waals surface area contributed by atoms with Gasteiger partial charge in [0.15, 0.2) is 5.78 Å². The number of hydrogen-bond donors (Lipinski definition) is 1. The summed E-state index contributed by atoms with van der Waals surface area (Å²) < 4.78 is 0. The highest BCUT2D eigenvalue weighted by molar-refractivity contribution is 7.81. The fraction of sp³-hybridized carbons (Fsp3) is 0.333. The average Bonchev–Trinajstić information content (AvgIpc) is 2.57. The fourth-order valence-electron chi connectivity index (χ4n) is 1.95. The van der Waals surface area contributed by atoms with Crippen LogP contribution in [0.15, 0.2) is 18.2 Å². The van der Waals surface area contributed by atoms with E-state index in [4.69, 9.17) is 11.6 Å². The molecule has 0 radical (unpaired) electrons. The van der Waals surface area contributed by atoms with Crippen molar-refractivity contribution in [1.82, 2.24) is 0 Å². The van der Waals surface area contributed by atoms with E-state index >= 15 is 0 Å². The van der Waals surface area contributed by atoms with Crippen LogP contribution < -0.4 is 4.90 Å². The van der Waals surface area contributed by atoms with E-state index < -0.39 is 0 Å². The molecule has 0 bridgehead atoms. The zero-order chi connectivity index (χ0) is 12.6. The van der Waals surface area contributed by atoms with Gasteiger partial charge in [0.1, 0.15) is 0 Å². The third-order valence-electron chi connectivity index (χ3n) is 2.73. The molecule has 3 nitrogen and oxygen atoms in total. The van der Waals surface area contributed by atoms with E-state index in [1.54, 1.807) is 23.1 Å². The maximum absolute atomic E-state index is 11.8. The molecule has 1 aliphatic rings. The Bertz CT molecular complexity index is 489.